The number of carboxylic acid groups (broad SMARTS) is 1. The molecule has 0 aromatic carbocycles. The standard InChI is InChI=1S/C8H6N2O4/c1-4-5(3-13-9-4)6-2-7(8(11)12)14-10-6/h2-3H,1H3,(H,11,12). The van der Waals surface area contributed by atoms with Gasteiger partial charge in [0, 0.05) is 6.07 Å². The first-order valence-corrected chi connectivity index (χ1v) is 3.80. The van der Waals surface area contributed by atoms with Gasteiger partial charge in [0.05, 0.1) is 11.3 Å². The van der Waals surface area contributed by atoms with Gasteiger partial charge in [0.2, 0.25) is 5.76 Å². The Morgan fingerprint density at radius 2 is 2.29 bits per heavy atom. The fourth-order valence-corrected chi connectivity index (χ4v) is 1.04. The molecule has 6 nitrogen and oxygen atoms in total. The normalized spacial score (nSPS) is 10.4. The molecule has 0 unspecified atom stereocenters. The zero-order valence-corrected chi connectivity index (χ0v) is 7.22. The summed E-state index contributed by atoms with van der Waals surface area (Å²) >= 11 is 0. The first-order valence-electron chi connectivity index (χ1n) is 3.80. The van der Waals surface area contributed by atoms with Crippen LogP contribution >= 0.6 is 0 Å². The molecule has 14 heavy (non-hydrogen) atoms. The molecule has 0 saturated carbocycles. The second-order valence-electron chi connectivity index (χ2n) is 2.70. The van der Waals surface area contributed by atoms with Crippen molar-refractivity contribution in [2.75, 3.05) is 0 Å². The van der Waals surface area contributed by atoms with Crippen molar-refractivity contribution in [3.8, 4) is 11.3 Å². The Balaban J connectivity index is 2.43. The van der Waals surface area contributed by atoms with E-state index in [2.05, 4.69) is 14.8 Å². The number of carboxylic acids is 1. The largest absolute Gasteiger partial charge is 0.475 e. The van der Waals surface area contributed by atoms with E-state index in [1.807, 2.05) is 0 Å². The zero-order valence-electron chi connectivity index (χ0n) is 7.22. The molecule has 0 aliphatic carbocycles. The third kappa shape index (κ3) is 1.26. The summed E-state index contributed by atoms with van der Waals surface area (Å²) in [5.74, 6) is -1.36. The molecule has 72 valence electrons. The van der Waals surface area contributed by atoms with Gasteiger partial charge < -0.3 is 14.2 Å². The predicted molar refractivity (Wildman–Crippen MR) is 43.7 cm³/mol. The Kier molecular flexibility index (Phi) is 1.81. The molecular weight excluding hydrogens is 188 g/mol. The van der Waals surface area contributed by atoms with E-state index in [0.29, 0.717) is 17.0 Å². The SMILES string of the molecule is Cc1nocc1-c1cc(C(=O)O)on1. The van der Waals surface area contributed by atoms with Gasteiger partial charge in [0.25, 0.3) is 0 Å². The number of nitrogens with zero attached hydrogens (tertiary/aromatic N) is 2. The second kappa shape index (κ2) is 2.99. The number of aryl methyl sites for hydroxylation is 1. The van der Waals surface area contributed by atoms with E-state index in [4.69, 9.17) is 9.63 Å². The Morgan fingerprint density at radius 1 is 1.50 bits per heavy atom. The first kappa shape index (κ1) is 8.49. The predicted octanol–water partition coefficient (Wildman–Crippen LogP) is 1.34. The maximum absolute atomic E-state index is 10.5. The molecule has 0 aliphatic rings. The Labute approximate surface area is 78.1 Å². The van der Waals surface area contributed by atoms with E-state index in [9.17, 15) is 4.79 Å². The van der Waals surface area contributed by atoms with Crippen LogP contribution in [0.15, 0.2) is 21.4 Å². The smallest absolute Gasteiger partial charge is 0.374 e. The summed E-state index contributed by atoms with van der Waals surface area (Å²) in [7, 11) is 0. The summed E-state index contributed by atoms with van der Waals surface area (Å²) in [5.41, 5.74) is 1.66. The van der Waals surface area contributed by atoms with Gasteiger partial charge in [-0.05, 0) is 6.92 Å². The minimum absolute atomic E-state index is 0.208. The quantitative estimate of drug-likeness (QED) is 0.775. The third-order valence-electron chi connectivity index (χ3n) is 1.75. The van der Waals surface area contributed by atoms with Crippen molar-refractivity contribution in [3.63, 3.8) is 0 Å². The van der Waals surface area contributed by atoms with Crippen molar-refractivity contribution in [2.45, 2.75) is 6.92 Å². The van der Waals surface area contributed by atoms with Crippen LogP contribution in [0.4, 0.5) is 0 Å². The van der Waals surface area contributed by atoms with Crippen LogP contribution in [0.5, 0.6) is 0 Å². The lowest BCUT2D eigenvalue weighted by atomic mass is 10.2. The number of hydrogen-bond donors (Lipinski definition) is 1. The summed E-state index contributed by atoms with van der Waals surface area (Å²) in [4.78, 5) is 10.5. The highest BCUT2D eigenvalue weighted by Crippen LogP contribution is 2.21. The fourth-order valence-electron chi connectivity index (χ4n) is 1.04. The number of rotatable bonds is 2. The molecule has 2 aromatic rings. The van der Waals surface area contributed by atoms with Crippen LogP contribution in [-0.4, -0.2) is 21.4 Å². The minimum Gasteiger partial charge on any atom is -0.475 e. The van der Waals surface area contributed by atoms with Gasteiger partial charge in [-0.25, -0.2) is 4.79 Å². The van der Waals surface area contributed by atoms with E-state index in [1.54, 1.807) is 6.92 Å². The lowest BCUT2D eigenvalue weighted by Gasteiger charge is -1.85. The van der Waals surface area contributed by atoms with Crippen molar-refractivity contribution < 1.29 is 18.9 Å². The van der Waals surface area contributed by atoms with Crippen LogP contribution < -0.4 is 0 Å². The Hall–Kier alpha value is -2.11. The van der Waals surface area contributed by atoms with Crippen molar-refractivity contribution >= 4 is 5.97 Å². The van der Waals surface area contributed by atoms with Gasteiger partial charge in [-0.3, -0.25) is 0 Å². The van der Waals surface area contributed by atoms with E-state index in [0.717, 1.165) is 0 Å². The highest BCUT2D eigenvalue weighted by atomic mass is 16.5. The highest BCUT2D eigenvalue weighted by Gasteiger charge is 2.15. The monoisotopic (exact) mass is 194 g/mol. The van der Waals surface area contributed by atoms with Gasteiger partial charge >= 0.3 is 5.97 Å². The molecule has 2 heterocycles. The van der Waals surface area contributed by atoms with Crippen molar-refractivity contribution in [3.05, 3.63) is 23.8 Å². The first-order chi connectivity index (χ1) is 6.68. The van der Waals surface area contributed by atoms with Crippen LogP contribution in [0.25, 0.3) is 11.3 Å². The van der Waals surface area contributed by atoms with Gasteiger partial charge in [-0.2, -0.15) is 0 Å². The molecule has 1 N–H and O–H groups in total. The number of aromatic nitrogens is 2. The molecule has 0 aliphatic heterocycles. The van der Waals surface area contributed by atoms with Crippen molar-refractivity contribution in [2.24, 2.45) is 0 Å². The zero-order chi connectivity index (χ0) is 10.1. The van der Waals surface area contributed by atoms with Crippen LogP contribution in [0.2, 0.25) is 0 Å². The van der Waals surface area contributed by atoms with E-state index >= 15 is 0 Å². The van der Waals surface area contributed by atoms with Crippen LogP contribution in [-0.2, 0) is 0 Å². The van der Waals surface area contributed by atoms with Crippen LogP contribution in [0, 0.1) is 6.92 Å². The second-order valence-corrected chi connectivity index (χ2v) is 2.70. The molecular formula is C8H6N2O4. The molecule has 2 rings (SSSR count). The lowest BCUT2D eigenvalue weighted by molar-refractivity contribution is 0.0652. The van der Waals surface area contributed by atoms with Gasteiger partial charge in [-0.15, -0.1) is 0 Å². The van der Waals surface area contributed by atoms with Gasteiger partial charge in [0.1, 0.15) is 12.0 Å². The lowest BCUT2D eigenvalue weighted by Crippen LogP contribution is -1.91. The molecule has 0 fully saturated rings. The Morgan fingerprint density at radius 3 is 2.79 bits per heavy atom. The number of hydrogen-bond acceptors (Lipinski definition) is 5. The molecule has 6 heteroatoms. The molecule has 0 atom stereocenters. The van der Waals surface area contributed by atoms with E-state index in [-0.39, 0.29) is 5.76 Å². The van der Waals surface area contributed by atoms with E-state index < -0.39 is 5.97 Å². The summed E-state index contributed by atoms with van der Waals surface area (Å²) < 4.78 is 9.28. The molecule has 0 saturated heterocycles. The van der Waals surface area contributed by atoms with Crippen molar-refractivity contribution in [1.82, 2.24) is 10.3 Å². The van der Waals surface area contributed by atoms with Gasteiger partial charge in [0.15, 0.2) is 0 Å². The van der Waals surface area contributed by atoms with Crippen molar-refractivity contribution in [1.29, 1.82) is 0 Å². The van der Waals surface area contributed by atoms with E-state index in [1.165, 1.54) is 12.3 Å². The fraction of sp³-hybridized carbons (Fsp3) is 0.125. The summed E-state index contributed by atoms with van der Waals surface area (Å²) in [6.45, 7) is 1.73. The van der Waals surface area contributed by atoms with Crippen LogP contribution in [0.3, 0.4) is 0 Å². The molecule has 0 amide bonds. The van der Waals surface area contributed by atoms with Crippen LogP contribution in [0.1, 0.15) is 16.2 Å². The molecule has 0 spiro atoms. The Bertz CT molecular complexity index is 471. The highest BCUT2D eigenvalue weighted by molar-refractivity contribution is 5.85. The molecule has 0 radical (unpaired) electrons. The average Bonchev–Trinajstić information content (AvgIpc) is 2.71. The summed E-state index contributed by atoms with van der Waals surface area (Å²) in [5, 5.41) is 15.8. The topological polar surface area (TPSA) is 89.4 Å². The van der Waals surface area contributed by atoms with Gasteiger partial charge in [-0.1, -0.05) is 10.3 Å². The third-order valence-corrected chi connectivity index (χ3v) is 1.75. The summed E-state index contributed by atoms with van der Waals surface area (Å²) in [6, 6.07) is 1.32. The maximum Gasteiger partial charge on any atom is 0.374 e. The molecule has 2 aromatic heterocycles. The molecule has 0 bridgehead atoms. The summed E-state index contributed by atoms with van der Waals surface area (Å²) in [6.07, 6.45) is 1.39. The average molecular weight is 194 g/mol. The minimum atomic E-state index is -1.15. The maximum atomic E-state index is 10.5. The number of carbonyl (C=O) groups is 1. The number of aromatic carboxylic acids is 1.